The third-order valence-corrected chi connectivity index (χ3v) is 2.64. The molecular formula is C17H21ClF3NO. The van der Waals surface area contributed by atoms with E-state index >= 15 is 0 Å². The first-order valence-corrected chi connectivity index (χ1v) is 7.71. The zero-order valence-corrected chi connectivity index (χ0v) is 14.6. The summed E-state index contributed by atoms with van der Waals surface area (Å²) in [7, 11) is 0. The van der Waals surface area contributed by atoms with Gasteiger partial charge in [-0.1, -0.05) is 57.0 Å². The van der Waals surface area contributed by atoms with Crippen molar-refractivity contribution in [1.82, 2.24) is 4.98 Å². The maximum Gasteiger partial charge on any atom is 0.417 e. The van der Waals surface area contributed by atoms with Gasteiger partial charge >= 0.3 is 6.18 Å². The molecule has 6 heteroatoms. The number of alkyl halides is 3. The fourth-order valence-corrected chi connectivity index (χ4v) is 1.58. The number of hydrogen-bond acceptors (Lipinski definition) is 2. The molecule has 23 heavy (non-hydrogen) atoms. The molecular weight excluding hydrogens is 327 g/mol. The number of halogens is 4. The molecule has 0 atom stereocenters. The van der Waals surface area contributed by atoms with Gasteiger partial charge in [-0.15, -0.1) is 0 Å². The summed E-state index contributed by atoms with van der Waals surface area (Å²) >= 11 is 5.73. The second-order valence-corrected chi connectivity index (χ2v) is 4.33. The standard InChI is InChI=1S/C13H9ClF3NO.2C2H6/c1-8-2-4-10(5-3-8)19-12-11(14)6-9(7-18-12)13(15,16)17;2*1-2/h2-7H,1H3;2*1-2H3. The van der Waals surface area contributed by atoms with Gasteiger partial charge in [-0.05, 0) is 25.1 Å². The van der Waals surface area contributed by atoms with Gasteiger partial charge in [0.05, 0.1) is 5.56 Å². The van der Waals surface area contributed by atoms with Crippen molar-refractivity contribution < 1.29 is 17.9 Å². The summed E-state index contributed by atoms with van der Waals surface area (Å²) < 4.78 is 42.6. The van der Waals surface area contributed by atoms with Crippen molar-refractivity contribution in [2.75, 3.05) is 0 Å². The van der Waals surface area contributed by atoms with E-state index in [0.717, 1.165) is 11.6 Å². The summed E-state index contributed by atoms with van der Waals surface area (Å²) in [6.07, 6.45) is -3.78. The highest BCUT2D eigenvalue weighted by Crippen LogP contribution is 2.34. The van der Waals surface area contributed by atoms with Crippen LogP contribution >= 0.6 is 11.6 Å². The van der Waals surface area contributed by atoms with E-state index in [-0.39, 0.29) is 10.9 Å². The van der Waals surface area contributed by atoms with Gasteiger partial charge in [-0.3, -0.25) is 0 Å². The van der Waals surface area contributed by atoms with Crippen LogP contribution in [0.1, 0.15) is 38.8 Å². The van der Waals surface area contributed by atoms with E-state index in [9.17, 15) is 13.2 Å². The van der Waals surface area contributed by atoms with Crippen molar-refractivity contribution in [1.29, 1.82) is 0 Å². The molecule has 0 radical (unpaired) electrons. The molecule has 0 unspecified atom stereocenters. The smallest absolute Gasteiger partial charge is 0.417 e. The Labute approximate surface area is 140 Å². The van der Waals surface area contributed by atoms with Gasteiger partial charge in [-0.25, -0.2) is 4.98 Å². The van der Waals surface area contributed by atoms with Gasteiger partial charge < -0.3 is 4.74 Å². The maximum atomic E-state index is 12.4. The van der Waals surface area contributed by atoms with Crippen molar-refractivity contribution in [2.45, 2.75) is 40.8 Å². The number of hydrogen-bond donors (Lipinski definition) is 0. The SMILES string of the molecule is CC.CC.Cc1ccc(Oc2ncc(C(F)(F)F)cc2Cl)cc1. The van der Waals surface area contributed by atoms with Crippen LogP contribution < -0.4 is 4.74 Å². The van der Waals surface area contributed by atoms with Gasteiger partial charge in [0.15, 0.2) is 0 Å². The van der Waals surface area contributed by atoms with Crippen LogP contribution in [0.15, 0.2) is 36.5 Å². The Hall–Kier alpha value is -1.75. The normalized spacial score (nSPS) is 9.96. The molecule has 1 heterocycles. The molecule has 0 aliphatic carbocycles. The molecule has 128 valence electrons. The van der Waals surface area contributed by atoms with Gasteiger partial charge in [0.25, 0.3) is 0 Å². The zero-order chi connectivity index (χ0) is 18.0. The summed E-state index contributed by atoms with van der Waals surface area (Å²) in [5, 5.41) is -0.185. The fraction of sp³-hybridized carbons (Fsp3) is 0.353. The lowest BCUT2D eigenvalue weighted by molar-refractivity contribution is -0.137. The zero-order valence-electron chi connectivity index (χ0n) is 13.8. The van der Waals surface area contributed by atoms with Crippen molar-refractivity contribution in [3.8, 4) is 11.6 Å². The first-order valence-electron chi connectivity index (χ1n) is 7.33. The third-order valence-electron chi connectivity index (χ3n) is 2.37. The van der Waals surface area contributed by atoms with Crippen molar-refractivity contribution in [3.05, 3.63) is 52.7 Å². The van der Waals surface area contributed by atoms with Crippen molar-refractivity contribution in [2.24, 2.45) is 0 Å². The number of aryl methyl sites for hydroxylation is 1. The van der Waals surface area contributed by atoms with E-state index < -0.39 is 11.7 Å². The summed E-state index contributed by atoms with van der Waals surface area (Å²) in [5.74, 6) is 0.401. The predicted molar refractivity (Wildman–Crippen MR) is 88.2 cm³/mol. The van der Waals surface area contributed by atoms with E-state index in [0.29, 0.717) is 11.9 Å². The molecule has 0 bridgehead atoms. The van der Waals surface area contributed by atoms with Crippen LogP contribution in [0.25, 0.3) is 0 Å². The molecule has 0 saturated carbocycles. The minimum atomic E-state index is -4.47. The summed E-state index contributed by atoms with van der Waals surface area (Å²) in [5.41, 5.74) is 0.132. The highest BCUT2D eigenvalue weighted by molar-refractivity contribution is 6.31. The molecule has 2 nitrogen and oxygen atoms in total. The molecule has 0 amide bonds. The second-order valence-electron chi connectivity index (χ2n) is 3.92. The highest BCUT2D eigenvalue weighted by atomic mass is 35.5. The fourth-order valence-electron chi connectivity index (χ4n) is 1.37. The quantitative estimate of drug-likeness (QED) is 0.589. The van der Waals surface area contributed by atoms with Gasteiger partial charge in [0.1, 0.15) is 10.8 Å². The van der Waals surface area contributed by atoms with E-state index in [2.05, 4.69) is 4.98 Å². The van der Waals surface area contributed by atoms with Crippen molar-refractivity contribution >= 4 is 11.6 Å². The minimum Gasteiger partial charge on any atom is -0.438 e. The van der Waals surface area contributed by atoms with E-state index in [1.807, 2.05) is 46.8 Å². The highest BCUT2D eigenvalue weighted by Gasteiger charge is 2.31. The van der Waals surface area contributed by atoms with E-state index in [4.69, 9.17) is 16.3 Å². The molecule has 1 aromatic carbocycles. The van der Waals surface area contributed by atoms with Crippen LogP contribution in [0.2, 0.25) is 5.02 Å². The molecule has 1 aromatic heterocycles. The average molecular weight is 348 g/mol. The average Bonchev–Trinajstić information content (AvgIpc) is 2.54. The van der Waals surface area contributed by atoms with Crippen LogP contribution in [-0.4, -0.2) is 4.98 Å². The van der Waals surface area contributed by atoms with Crippen LogP contribution in [-0.2, 0) is 6.18 Å². The molecule has 0 aliphatic heterocycles. The molecule has 0 N–H and O–H groups in total. The lowest BCUT2D eigenvalue weighted by atomic mass is 10.2. The molecule has 0 fully saturated rings. The van der Waals surface area contributed by atoms with Crippen LogP contribution in [0.5, 0.6) is 11.6 Å². The Kier molecular flexibility index (Phi) is 9.34. The van der Waals surface area contributed by atoms with Gasteiger partial charge in [0.2, 0.25) is 5.88 Å². The van der Waals surface area contributed by atoms with E-state index in [1.165, 1.54) is 0 Å². The summed E-state index contributed by atoms with van der Waals surface area (Å²) in [6, 6.07) is 7.79. The van der Waals surface area contributed by atoms with Crippen LogP contribution in [0, 0.1) is 6.92 Å². The monoisotopic (exact) mass is 347 g/mol. The molecule has 0 spiro atoms. The maximum absolute atomic E-state index is 12.4. The number of nitrogens with zero attached hydrogens (tertiary/aromatic N) is 1. The Morgan fingerprint density at radius 1 is 1.00 bits per heavy atom. The second kappa shape index (κ2) is 10.1. The lowest BCUT2D eigenvalue weighted by Gasteiger charge is -2.10. The first kappa shape index (κ1) is 21.2. The third kappa shape index (κ3) is 6.91. The Morgan fingerprint density at radius 3 is 1.96 bits per heavy atom. The molecule has 0 saturated heterocycles. The largest absolute Gasteiger partial charge is 0.438 e. The van der Waals surface area contributed by atoms with Crippen LogP contribution in [0.4, 0.5) is 13.2 Å². The number of rotatable bonds is 2. The number of pyridine rings is 1. The number of aromatic nitrogens is 1. The molecule has 2 aromatic rings. The van der Waals surface area contributed by atoms with Crippen LogP contribution in [0.3, 0.4) is 0 Å². The summed E-state index contributed by atoms with van der Waals surface area (Å²) in [6.45, 7) is 9.91. The Morgan fingerprint density at radius 2 is 1.52 bits per heavy atom. The topological polar surface area (TPSA) is 22.1 Å². The Balaban J connectivity index is 0.00000112. The summed E-state index contributed by atoms with van der Waals surface area (Å²) in [4.78, 5) is 3.59. The molecule has 2 rings (SSSR count). The van der Waals surface area contributed by atoms with Gasteiger partial charge in [-0.2, -0.15) is 13.2 Å². The van der Waals surface area contributed by atoms with Gasteiger partial charge in [0, 0.05) is 6.20 Å². The predicted octanol–water partition coefficient (Wildman–Crippen LogP) is 6.91. The number of benzene rings is 1. The Bertz CT molecular complexity index is 583. The lowest BCUT2D eigenvalue weighted by Crippen LogP contribution is -2.05. The minimum absolute atomic E-state index is 0.0569. The molecule has 0 aliphatic rings. The first-order chi connectivity index (χ1) is 10.9. The van der Waals surface area contributed by atoms with Crippen molar-refractivity contribution in [3.63, 3.8) is 0 Å². The van der Waals surface area contributed by atoms with E-state index in [1.54, 1.807) is 12.1 Å². The number of ether oxygens (including phenoxy) is 1.